The minimum atomic E-state index is 0.0960. The van der Waals surface area contributed by atoms with Gasteiger partial charge in [-0.25, -0.2) is 0 Å². The van der Waals surface area contributed by atoms with Crippen LogP contribution in [-0.2, 0) is 17.8 Å². The van der Waals surface area contributed by atoms with Crippen molar-refractivity contribution in [3.8, 4) is 0 Å². The molecule has 7 nitrogen and oxygen atoms in total. The quantitative estimate of drug-likeness (QED) is 0.301. The van der Waals surface area contributed by atoms with Gasteiger partial charge in [-0.2, -0.15) is 0 Å². The number of aryl methyl sites for hydroxylation is 1. The van der Waals surface area contributed by atoms with Crippen LogP contribution in [0.5, 0.6) is 0 Å². The summed E-state index contributed by atoms with van der Waals surface area (Å²) in [6, 6.07) is 5.72. The van der Waals surface area contributed by atoms with Crippen LogP contribution in [0.4, 0.5) is 0 Å². The number of thioether (sulfide) groups is 1. The van der Waals surface area contributed by atoms with Crippen LogP contribution in [0.1, 0.15) is 33.9 Å². The summed E-state index contributed by atoms with van der Waals surface area (Å²) in [6.45, 7) is 6.14. The number of carbonyl (C=O) groups is 1. The highest BCUT2D eigenvalue weighted by molar-refractivity contribution is 7.99. The zero-order valence-corrected chi connectivity index (χ0v) is 16.7. The number of Topliss-reactive ketones (excluding diaryl/α,β-unsaturated/α-hetero) is 1. The van der Waals surface area contributed by atoms with Crippen LogP contribution in [0.2, 0.25) is 0 Å². The number of ether oxygens (including phenoxy) is 1. The Bertz CT molecular complexity index is 883. The number of nitrogens with zero attached hydrogens (tertiary/aromatic N) is 4. The number of hydrogen-bond acceptors (Lipinski definition) is 6. The second kappa shape index (κ2) is 9.05. The molecule has 0 aliphatic carbocycles. The first-order valence-electron chi connectivity index (χ1n) is 8.82. The maximum atomic E-state index is 12.7. The smallest absolute Gasteiger partial charge is 0.191 e. The molecule has 0 atom stereocenters. The molecular formula is C19H24N4O3S. The van der Waals surface area contributed by atoms with E-state index in [1.807, 2.05) is 36.6 Å². The third-order valence-corrected chi connectivity index (χ3v) is 5.40. The van der Waals surface area contributed by atoms with Gasteiger partial charge in [0.1, 0.15) is 12.1 Å². The normalized spacial score (nSPS) is 11.2. The Morgan fingerprint density at radius 1 is 1.37 bits per heavy atom. The highest BCUT2D eigenvalue weighted by Gasteiger charge is 2.17. The van der Waals surface area contributed by atoms with E-state index in [9.17, 15) is 4.79 Å². The lowest BCUT2D eigenvalue weighted by Crippen LogP contribution is -2.09. The van der Waals surface area contributed by atoms with Gasteiger partial charge in [0, 0.05) is 37.2 Å². The number of rotatable bonds is 10. The highest BCUT2D eigenvalue weighted by atomic mass is 32.2. The van der Waals surface area contributed by atoms with Crippen LogP contribution in [-0.4, -0.2) is 44.6 Å². The molecule has 0 radical (unpaired) electrons. The summed E-state index contributed by atoms with van der Waals surface area (Å²) in [7, 11) is 1.70. The third kappa shape index (κ3) is 4.70. The number of hydrogen-bond donors (Lipinski definition) is 0. The lowest BCUT2D eigenvalue weighted by Gasteiger charge is -2.09. The van der Waals surface area contributed by atoms with Crippen molar-refractivity contribution >= 4 is 17.5 Å². The van der Waals surface area contributed by atoms with Gasteiger partial charge in [-0.15, -0.1) is 10.2 Å². The van der Waals surface area contributed by atoms with Crippen molar-refractivity contribution in [1.82, 2.24) is 19.3 Å². The second-order valence-corrected chi connectivity index (χ2v) is 7.26. The van der Waals surface area contributed by atoms with E-state index in [1.54, 1.807) is 19.7 Å². The summed E-state index contributed by atoms with van der Waals surface area (Å²) in [5.41, 5.74) is 2.87. The molecular weight excluding hydrogens is 364 g/mol. The number of ketones is 1. The maximum absolute atomic E-state index is 12.7. The van der Waals surface area contributed by atoms with Gasteiger partial charge in [0.2, 0.25) is 0 Å². The molecule has 3 heterocycles. The summed E-state index contributed by atoms with van der Waals surface area (Å²) >= 11 is 1.39. The molecule has 0 saturated carbocycles. The Kier molecular flexibility index (Phi) is 6.52. The van der Waals surface area contributed by atoms with E-state index >= 15 is 0 Å². The number of furan rings is 1. The average Bonchev–Trinajstić information content (AvgIpc) is 3.38. The van der Waals surface area contributed by atoms with Crippen LogP contribution in [0.25, 0.3) is 0 Å². The molecule has 0 spiro atoms. The first kappa shape index (κ1) is 19.4. The van der Waals surface area contributed by atoms with Crippen molar-refractivity contribution < 1.29 is 13.9 Å². The SMILES string of the molecule is COCCCn1c(C)cc(C(=O)CSc2nncn2Cc2ccco2)c1C. The first-order valence-corrected chi connectivity index (χ1v) is 9.80. The summed E-state index contributed by atoms with van der Waals surface area (Å²) < 4.78 is 14.5. The van der Waals surface area contributed by atoms with Crippen molar-refractivity contribution in [2.24, 2.45) is 0 Å². The van der Waals surface area contributed by atoms with E-state index in [-0.39, 0.29) is 5.78 Å². The van der Waals surface area contributed by atoms with Gasteiger partial charge >= 0.3 is 0 Å². The predicted octanol–water partition coefficient (Wildman–Crippen LogP) is 3.35. The molecule has 27 heavy (non-hydrogen) atoms. The lowest BCUT2D eigenvalue weighted by molar-refractivity contribution is 0.102. The Labute approximate surface area is 162 Å². The highest BCUT2D eigenvalue weighted by Crippen LogP contribution is 2.21. The largest absolute Gasteiger partial charge is 0.467 e. The fraction of sp³-hybridized carbons (Fsp3) is 0.421. The number of aromatic nitrogens is 4. The molecule has 144 valence electrons. The minimum absolute atomic E-state index is 0.0960. The molecule has 0 fully saturated rings. The van der Waals surface area contributed by atoms with Crippen molar-refractivity contribution in [2.45, 2.75) is 38.5 Å². The van der Waals surface area contributed by atoms with Gasteiger partial charge < -0.3 is 18.3 Å². The molecule has 0 aliphatic rings. The average molecular weight is 388 g/mol. The summed E-state index contributed by atoms with van der Waals surface area (Å²) in [4.78, 5) is 12.7. The van der Waals surface area contributed by atoms with Gasteiger partial charge in [0.05, 0.1) is 18.6 Å². The van der Waals surface area contributed by atoms with E-state index in [0.717, 1.165) is 35.7 Å². The summed E-state index contributed by atoms with van der Waals surface area (Å²) in [5, 5.41) is 8.78. The van der Waals surface area contributed by atoms with Crippen LogP contribution in [0, 0.1) is 13.8 Å². The minimum Gasteiger partial charge on any atom is -0.467 e. The van der Waals surface area contributed by atoms with Gasteiger partial charge in [-0.3, -0.25) is 4.79 Å². The first-order chi connectivity index (χ1) is 13.1. The fourth-order valence-corrected chi connectivity index (χ4v) is 3.84. The molecule has 0 aliphatic heterocycles. The Balaban J connectivity index is 1.63. The van der Waals surface area contributed by atoms with E-state index in [2.05, 4.69) is 14.8 Å². The maximum Gasteiger partial charge on any atom is 0.191 e. The van der Waals surface area contributed by atoms with Crippen molar-refractivity contribution in [2.75, 3.05) is 19.5 Å². The zero-order valence-electron chi connectivity index (χ0n) is 15.8. The Hall–Kier alpha value is -2.32. The van der Waals surface area contributed by atoms with Crippen molar-refractivity contribution in [1.29, 1.82) is 0 Å². The standard InChI is InChI=1S/C19H24N4O3S/c1-14-10-17(15(2)23(14)7-5-8-25-3)18(24)12-27-19-21-20-13-22(19)11-16-6-4-9-26-16/h4,6,9-10,13H,5,7-8,11-12H2,1-3H3. The molecule has 3 aromatic rings. The molecule has 0 amide bonds. The van der Waals surface area contributed by atoms with Crippen LogP contribution < -0.4 is 0 Å². The monoisotopic (exact) mass is 388 g/mol. The molecule has 3 aromatic heterocycles. The molecule has 0 bridgehead atoms. The molecule has 0 aromatic carbocycles. The summed E-state index contributed by atoms with van der Waals surface area (Å²) in [6.07, 6.45) is 4.21. The van der Waals surface area contributed by atoms with Crippen LogP contribution >= 0.6 is 11.8 Å². The molecule has 0 N–H and O–H groups in total. The van der Waals surface area contributed by atoms with E-state index < -0.39 is 0 Å². The van der Waals surface area contributed by atoms with Crippen LogP contribution in [0.3, 0.4) is 0 Å². The Morgan fingerprint density at radius 3 is 2.96 bits per heavy atom. The van der Waals surface area contributed by atoms with E-state index in [4.69, 9.17) is 9.15 Å². The third-order valence-electron chi connectivity index (χ3n) is 4.42. The second-order valence-electron chi connectivity index (χ2n) is 6.32. The van der Waals surface area contributed by atoms with Gasteiger partial charge in [0.15, 0.2) is 10.9 Å². The Morgan fingerprint density at radius 2 is 2.22 bits per heavy atom. The van der Waals surface area contributed by atoms with Crippen LogP contribution in [0.15, 0.2) is 40.4 Å². The van der Waals surface area contributed by atoms with E-state index in [0.29, 0.717) is 24.1 Å². The number of methoxy groups -OCH3 is 1. The van der Waals surface area contributed by atoms with Gasteiger partial charge in [-0.05, 0) is 38.5 Å². The topological polar surface area (TPSA) is 75.1 Å². The zero-order chi connectivity index (χ0) is 19.2. The lowest BCUT2D eigenvalue weighted by atomic mass is 10.2. The van der Waals surface area contributed by atoms with E-state index in [1.165, 1.54) is 11.8 Å². The fourth-order valence-electron chi connectivity index (χ4n) is 3.04. The molecule has 0 unspecified atom stereocenters. The van der Waals surface area contributed by atoms with Crippen molar-refractivity contribution in [3.05, 3.63) is 53.5 Å². The van der Waals surface area contributed by atoms with Crippen molar-refractivity contribution in [3.63, 3.8) is 0 Å². The van der Waals surface area contributed by atoms with Gasteiger partial charge in [-0.1, -0.05) is 11.8 Å². The molecule has 8 heteroatoms. The summed E-state index contributed by atoms with van der Waals surface area (Å²) in [5.74, 6) is 1.24. The number of carbonyl (C=O) groups excluding carboxylic acids is 1. The van der Waals surface area contributed by atoms with Gasteiger partial charge in [0.25, 0.3) is 0 Å². The molecule has 0 saturated heterocycles. The predicted molar refractivity (Wildman–Crippen MR) is 103 cm³/mol. The molecule has 3 rings (SSSR count).